The van der Waals surface area contributed by atoms with E-state index in [-0.39, 0.29) is 31.4 Å². The standard InChI is InChI=1S/C51H90N6O25/c1-23-31(53-25(3)58)36(64-7)42(70-13)49(75-23)80-35-29(22-63-6)79-51(45(73-16)40(35)68-11)82-33-27(20-61-4)77-47(41(69-12)38(33)66-9)54-30(59)18-52-46(60)26-19-57(56-55-26)32-24(2)76-50(43(71-14)37(32)65-8)81-34-28(21-62-5)78-48(74-17)44(72-15)39(34)67-10/h19,23-24,27-29,31-45,47-51,55-56H,18,20-22H2,1-17H3,(H,52,60)(H,53,58)(H,54,59)/t23?,24?,27?,28?,29?,31-,32-,33-,34-,35-,36-,37-,38-,39-,40-,41?,42?,43?,44?,45?,47?,48+,49-,50-,51-/m0/s1. The van der Waals surface area contributed by atoms with Crippen molar-refractivity contribution in [3.8, 4) is 0 Å². The van der Waals surface area contributed by atoms with Crippen LogP contribution in [0.3, 0.4) is 0 Å². The SMILES string of the molecule is COCC1OC(NC(=O)CNC(=O)C2=CN([C@H]3C(C)O[C@@H](O[C@H]4C(COC)O[C@@H](OC)C(OC)[C@H]4OC)C(OC)[C@H]3OC)NN2)C(OC)[C@@H](OC)[C@H]1O[C@@H]1OC(COC)[C@H](O[C@@H]2OC(C)[C@H](NC(C)=O)[C@H](OC)C2OC)[C@H](OC)C1OC. The van der Waals surface area contributed by atoms with E-state index in [9.17, 15) is 14.4 Å². The highest BCUT2D eigenvalue weighted by atomic mass is 16.8. The van der Waals surface area contributed by atoms with Crippen LogP contribution in [0.25, 0.3) is 0 Å². The Morgan fingerprint density at radius 1 is 0.476 bits per heavy atom. The topological polar surface area (TPSA) is 318 Å². The van der Waals surface area contributed by atoms with Gasteiger partial charge in [-0.3, -0.25) is 24.8 Å². The maximum Gasteiger partial charge on any atom is 0.270 e. The third kappa shape index (κ3) is 15.3. The first-order valence-corrected chi connectivity index (χ1v) is 26.9. The minimum Gasteiger partial charge on any atom is -0.382 e. The lowest BCUT2D eigenvalue weighted by atomic mass is 9.94. The van der Waals surface area contributed by atoms with Crippen LogP contribution in [-0.2, 0) is 119 Å². The minimum atomic E-state index is -1.17. The molecular weight excluding hydrogens is 1100 g/mol. The average molecular weight is 1190 g/mol. The van der Waals surface area contributed by atoms with E-state index in [0.717, 1.165) is 0 Å². The van der Waals surface area contributed by atoms with E-state index < -0.39 is 172 Å². The van der Waals surface area contributed by atoms with Crippen LogP contribution < -0.4 is 26.9 Å². The van der Waals surface area contributed by atoms with E-state index in [0.29, 0.717) is 0 Å². The Kier molecular flexibility index (Phi) is 27.0. The van der Waals surface area contributed by atoms with Crippen LogP contribution in [0.2, 0.25) is 0 Å². The summed E-state index contributed by atoms with van der Waals surface area (Å²) in [4.78, 5) is 39.5. The Hall–Kier alpha value is -3.17. The number of carbonyl (C=O) groups is 3. The molecule has 0 aromatic heterocycles. The average Bonchev–Trinajstić information content (AvgIpc) is 4.03. The highest BCUT2D eigenvalue weighted by molar-refractivity contribution is 5.95. The van der Waals surface area contributed by atoms with E-state index >= 15 is 0 Å². The highest BCUT2D eigenvalue weighted by Crippen LogP contribution is 2.38. The Morgan fingerprint density at radius 3 is 1.35 bits per heavy atom. The van der Waals surface area contributed by atoms with Crippen molar-refractivity contribution in [3.63, 3.8) is 0 Å². The van der Waals surface area contributed by atoms with E-state index in [4.69, 9.17) is 104 Å². The summed E-state index contributed by atoms with van der Waals surface area (Å²) in [7, 11) is 21.0. The molecule has 0 radical (unpaired) electrons. The fourth-order valence-electron chi connectivity index (χ4n) is 11.6. The van der Waals surface area contributed by atoms with Crippen LogP contribution in [0.5, 0.6) is 0 Å². The van der Waals surface area contributed by atoms with Crippen molar-refractivity contribution in [1.29, 1.82) is 0 Å². The molecule has 0 spiro atoms. The van der Waals surface area contributed by atoms with E-state index in [1.54, 1.807) is 19.0 Å². The van der Waals surface area contributed by atoms with Gasteiger partial charge in [-0.05, 0) is 13.8 Å². The summed E-state index contributed by atoms with van der Waals surface area (Å²) in [5, 5.41) is 9.97. The molecule has 25 atom stereocenters. The summed E-state index contributed by atoms with van der Waals surface area (Å²) in [5.74, 6) is -1.52. The Morgan fingerprint density at radius 2 is 0.890 bits per heavy atom. The third-order valence-corrected chi connectivity index (χ3v) is 15.4. The van der Waals surface area contributed by atoms with Crippen molar-refractivity contribution in [2.45, 2.75) is 174 Å². The number of ether oxygens (including phenoxy) is 22. The van der Waals surface area contributed by atoms with Gasteiger partial charge >= 0.3 is 0 Å². The summed E-state index contributed by atoms with van der Waals surface area (Å²) in [6, 6.07) is -1.14. The third-order valence-electron chi connectivity index (χ3n) is 15.4. The first kappa shape index (κ1) is 67.9. The van der Waals surface area contributed by atoms with Gasteiger partial charge in [-0.25, -0.2) is 0 Å². The predicted octanol–water partition coefficient (Wildman–Crippen LogP) is -3.19. The number of methoxy groups -OCH3 is 14. The lowest BCUT2D eigenvalue weighted by molar-refractivity contribution is -0.374. The van der Waals surface area contributed by atoms with Crippen molar-refractivity contribution in [3.05, 3.63) is 11.9 Å². The molecule has 5 N–H and O–H groups in total. The number of carbonyl (C=O) groups excluding carboxylic acids is 3. The molecule has 6 heterocycles. The van der Waals surface area contributed by atoms with Crippen LogP contribution in [0.1, 0.15) is 20.8 Å². The van der Waals surface area contributed by atoms with Crippen molar-refractivity contribution in [1.82, 2.24) is 31.9 Å². The predicted molar refractivity (Wildman–Crippen MR) is 279 cm³/mol. The smallest absolute Gasteiger partial charge is 0.270 e. The molecule has 0 aliphatic carbocycles. The summed E-state index contributed by atoms with van der Waals surface area (Å²) in [5.41, 5.74) is 5.93. The zero-order valence-corrected chi connectivity index (χ0v) is 50.0. The molecule has 3 amide bonds. The van der Waals surface area contributed by atoms with Gasteiger partial charge in [-0.1, -0.05) is 0 Å². The zero-order chi connectivity index (χ0) is 59.9. The molecule has 0 saturated carbocycles. The van der Waals surface area contributed by atoms with Gasteiger partial charge in [0.05, 0.1) is 44.6 Å². The Balaban J connectivity index is 1.10. The van der Waals surface area contributed by atoms with E-state index in [1.807, 2.05) is 6.92 Å². The lowest BCUT2D eigenvalue weighted by Gasteiger charge is -2.51. The molecule has 0 bridgehead atoms. The molecule has 6 aliphatic heterocycles. The van der Waals surface area contributed by atoms with Crippen LogP contribution in [0.15, 0.2) is 11.9 Å². The highest BCUT2D eigenvalue weighted by Gasteiger charge is 2.57. The Labute approximate surface area is 479 Å². The van der Waals surface area contributed by atoms with Crippen LogP contribution >= 0.6 is 0 Å². The molecule has 31 heteroatoms. The van der Waals surface area contributed by atoms with Crippen LogP contribution in [-0.4, -0.2) is 302 Å². The molecule has 6 rings (SSSR count). The van der Waals surface area contributed by atoms with Crippen molar-refractivity contribution in [2.24, 2.45) is 0 Å². The number of hydrogen-bond donors (Lipinski definition) is 5. The molecule has 31 nitrogen and oxygen atoms in total. The van der Waals surface area contributed by atoms with Crippen molar-refractivity contribution < 1.29 is 119 Å². The summed E-state index contributed by atoms with van der Waals surface area (Å²) in [6.45, 7) is 4.67. The monoisotopic (exact) mass is 1190 g/mol. The second-order valence-electron chi connectivity index (χ2n) is 20.2. The molecule has 0 aromatic rings. The summed E-state index contributed by atoms with van der Waals surface area (Å²) in [6.07, 6.45) is -17.7. The summed E-state index contributed by atoms with van der Waals surface area (Å²) < 4.78 is 134. The molecule has 5 fully saturated rings. The summed E-state index contributed by atoms with van der Waals surface area (Å²) >= 11 is 0. The van der Waals surface area contributed by atoms with Gasteiger partial charge < -0.3 is 120 Å². The van der Waals surface area contributed by atoms with Crippen molar-refractivity contribution >= 4 is 17.7 Å². The number of nitrogens with zero attached hydrogens (tertiary/aromatic N) is 1. The second-order valence-corrected chi connectivity index (χ2v) is 20.2. The molecule has 6 aliphatic rings. The maximum atomic E-state index is 13.7. The quantitative estimate of drug-likeness (QED) is 0.0493. The molecule has 474 valence electrons. The van der Waals surface area contributed by atoms with Gasteiger partial charge in [0.2, 0.25) is 11.8 Å². The second kappa shape index (κ2) is 32.5. The normalized spacial score (nSPS) is 40.7. The molecular formula is C51H90N6O25. The van der Waals surface area contributed by atoms with E-state index in [1.165, 1.54) is 106 Å². The Bertz CT molecular complexity index is 1990. The molecule has 0 aromatic carbocycles. The molecule has 11 unspecified atom stereocenters. The first-order valence-electron chi connectivity index (χ1n) is 26.9. The largest absolute Gasteiger partial charge is 0.382 e. The minimum absolute atomic E-state index is 0.0122. The van der Waals surface area contributed by atoms with Gasteiger partial charge in [0.15, 0.2) is 31.4 Å². The van der Waals surface area contributed by atoms with Gasteiger partial charge in [-0.2, -0.15) is 0 Å². The number of hydrogen-bond acceptors (Lipinski definition) is 28. The van der Waals surface area contributed by atoms with Crippen molar-refractivity contribution in [2.75, 3.05) is 126 Å². The maximum absolute atomic E-state index is 13.7. The van der Waals surface area contributed by atoms with Gasteiger partial charge in [0, 0.05) is 113 Å². The van der Waals surface area contributed by atoms with Crippen LogP contribution in [0, 0.1) is 0 Å². The van der Waals surface area contributed by atoms with Gasteiger partial charge in [-0.15, -0.1) is 5.53 Å². The van der Waals surface area contributed by atoms with E-state index in [2.05, 4.69) is 26.9 Å². The molecule has 82 heavy (non-hydrogen) atoms. The fourth-order valence-corrected chi connectivity index (χ4v) is 11.6. The van der Waals surface area contributed by atoms with Crippen LogP contribution in [0.4, 0.5) is 0 Å². The zero-order valence-electron chi connectivity index (χ0n) is 50.0. The first-order chi connectivity index (χ1) is 39.5. The number of rotatable bonds is 29. The number of amides is 3. The number of nitrogens with one attached hydrogen (secondary N) is 5. The van der Waals surface area contributed by atoms with Gasteiger partial charge in [0.1, 0.15) is 109 Å². The fraction of sp³-hybridized carbons (Fsp3) is 0.902. The number of hydrazine groups is 2. The van der Waals surface area contributed by atoms with Gasteiger partial charge in [0.25, 0.3) is 5.91 Å². The lowest BCUT2D eigenvalue weighted by Crippen LogP contribution is -2.69. The molecule has 5 saturated heterocycles.